The van der Waals surface area contributed by atoms with E-state index in [1.54, 1.807) is 18.4 Å². The number of thiophene rings is 1. The van der Waals surface area contributed by atoms with Gasteiger partial charge in [0.15, 0.2) is 5.78 Å². The molecule has 1 fully saturated rings. The summed E-state index contributed by atoms with van der Waals surface area (Å²) in [6, 6.07) is 23.5. The molecular formula is C28H27NO3S. The third kappa shape index (κ3) is 4.65. The minimum absolute atomic E-state index is 0.0295. The van der Waals surface area contributed by atoms with Gasteiger partial charge in [0.05, 0.1) is 7.11 Å². The van der Waals surface area contributed by atoms with E-state index in [1.165, 1.54) is 25.9 Å². The Labute approximate surface area is 198 Å². The molecule has 5 rings (SSSR count). The van der Waals surface area contributed by atoms with Gasteiger partial charge >= 0.3 is 0 Å². The van der Waals surface area contributed by atoms with Gasteiger partial charge in [0.25, 0.3) is 0 Å². The molecule has 0 amide bonds. The number of nitrogens with zero attached hydrogens (tertiary/aromatic N) is 1. The average Bonchev–Trinajstić information content (AvgIpc) is 3.52. The molecule has 0 bridgehead atoms. The summed E-state index contributed by atoms with van der Waals surface area (Å²) in [5.41, 5.74) is 2.44. The number of likely N-dealkylation sites (tertiary alicyclic amines) is 1. The monoisotopic (exact) mass is 457 g/mol. The molecule has 168 valence electrons. The second kappa shape index (κ2) is 9.77. The molecule has 0 saturated carbocycles. The van der Waals surface area contributed by atoms with Gasteiger partial charge in [-0.1, -0.05) is 18.2 Å². The van der Waals surface area contributed by atoms with E-state index in [1.807, 2.05) is 66.7 Å². The van der Waals surface area contributed by atoms with E-state index in [0.29, 0.717) is 12.2 Å². The van der Waals surface area contributed by atoms with Crippen molar-refractivity contribution < 1.29 is 14.3 Å². The molecule has 2 heterocycles. The van der Waals surface area contributed by atoms with Gasteiger partial charge in [0.1, 0.15) is 18.1 Å². The molecule has 1 aromatic heterocycles. The van der Waals surface area contributed by atoms with Crippen LogP contribution in [0.5, 0.6) is 11.5 Å². The number of benzene rings is 3. The fraction of sp³-hybridized carbons (Fsp3) is 0.250. The summed E-state index contributed by atoms with van der Waals surface area (Å²) in [6.45, 7) is 3.96. The first-order valence-corrected chi connectivity index (χ1v) is 12.2. The highest BCUT2D eigenvalue weighted by Gasteiger charge is 2.21. The van der Waals surface area contributed by atoms with Gasteiger partial charge in [-0.25, -0.2) is 0 Å². The Bertz CT molecular complexity index is 1240. The Morgan fingerprint density at radius 3 is 2.33 bits per heavy atom. The van der Waals surface area contributed by atoms with Crippen LogP contribution in [0.15, 0.2) is 72.8 Å². The topological polar surface area (TPSA) is 38.8 Å². The Balaban J connectivity index is 1.40. The van der Waals surface area contributed by atoms with Crippen LogP contribution in [0, 0.1) is 0 Å². The lowest BCUT2D eigenvalue weighted by Gasteiger charge is -2.15. The maximum atomic E-state index is 13.7. The van der Waals surface area contributed by atoms with Crippen LogP contribution in [0.25, 0.3) is 20.5 Å². The highest BCUT2D eigenvalue weighted by molar-refractivity contribution is 7.22. The lowest BCUT2D eigenvalue weighted by Crippen LogP contribution is -2.25. The summed E-state index contributed by atoms with van der Waals surface area (Å²) < 4.78 is 12.3. The maximum Gasteiger partial charge on any atom is 0.195 e. The van der Waals surface area contributed by atoms with Crippen molar-refractivity contribution in [2.24, 2.45) is 0 Å². The van der Waals surface area contributed by atoms with Crippen LogP contribution in [0.3, 0.4) is 0 Å². The van der Waals surface area contributed by atoms with Gasteiger partial charge in [-0.15, -0.1) is 11.3 Å². The van der Waals surface area contributed by atoms with Crippen molar-refractivity contribution in [3.63, 3.8) is 0 Å². The molecule has 0 spiro atoms. The van der Waals surface area contributed by atoms with E-state index < -0.39 is 0 Å². The smallest absolute Gasteiger partial charge is 0.195 e. The predicted octanol–water partition coefficient (Wildman–Crippen LogP) is 6.28. The van der Waals surface area contributed by atoms with Crippen LogP contribution >= 0.6 is 11.3 Å². The summed E-state index contributed by atoms with van der Waals surface area (Å²) in [7, 11) is 1.66. The second-order valence-corrected chi connectivity index (χ2v) is 9.33. The normalized spacial score (nSPS) is 14.0. The van der Waals surface area contributed by atoms with Crippen molar-refractivity contribution in [1.29, 1.82) is 0 Å². The van der Waals surface area contributed by atoms with Crippen molar-refractivity contribution in [2.45, 2.75) is 12.8 Å². The molecule has 0 radical (unpaired) electrons. The highest BCUT2D eigenvalue weighted by Crippen LogP contribution is 2.40. The van der Waals surface area contributed by atoms with Crippen LogP contribution < -0.4 is 9.47 Å². The summed E-state index contributed by atoms with van der Waals surface area (Å²) in [5.74, 6) is 1.63. The van der Waals surface area contributed by atoms with Crippen molar-refractivity contribution in [2.75, 3.05) is 33.4 Å². The summed E-state index contributed by atoms with van der Waals surface area (Å²) in [4.78, 5) is 17.1. The molecule has 0 unspecified atom stereocenters. The SMILES string of the molecule is COc1ccc(-c2sc3ccccc3c2C(=O)c2ccc(OCCN3CCCC3)cc2)cc1. The van der Waals surface area contributed by atoms with E-state index in [4.69, 9.17) is 9.47 Å². The van der Waals surface area contributed by atoms with Gasteiger partial charge in [-0.3, -0.25) is 9.69 Å². The third-order valence-corrected chi connectivity index (χ3v) is 7.39. The van der Waals surface area contributed by atoms with E-state index >= 15 is 0 Å². The molecule has 1 saturated heterocycles. The summed E-state index contributed by atoms with van der Waals surface area (Å²) in [6.07, 6.45) is 2.57. The molecule has 0 N–H and O–H groups in total. The van der Waals surface area contributed by atoms with E-state index in [-0.39, 0.29) is 5.78 Å². The zero-order valence-electron chi connectivity index (χ0n) is 18.8. The van der Waals surface area contributed by atoms with Gasteiger partial charge in [-0.05, 0) is 86.1 Å². The molecule has 1 aliphatic rings. The highest BCUT2D eigenvalue weighted by atomic mass is 32.1. The van der Waals surface area contributed by atoms with Crippen LogP contribution in [-0.4, -0.2) is 44.0 Å². The van der Waals surface area contributed by atoms with Crippen LogP contribution in [-0.2, 0) is 0 Å². The predicted molar refractivity (Wildman–Crippen MR) is 135 cm³/mol. The zero-order valence-corrected chi connectivity index (χ0v) is 19.6. The van der Waals surface area contributed by atoms with Gasteiger partial charge in [0, 0.05) is 32.6 Å². The quantitative estimate of drug-likeness (QED) is 0.292. The van der Waals surface area contributed by atoms with Gasteiger partial charge < -0.3 is 9.47 Å². The number of hydrogen-bond acceptors (Lipinski definition) is 5. The molecule has 33 heavy (non-hydrogen) atoms. The Hall–Kier alpha value is -3.15. The minimum atomic E-state index is 0.0295. The number of ketones is 1. The number of methoxy groups -OCH3 is 1. The van der Waals surface area contributed by atoms with Crippen LogP contribution in [0.2, 0.25) is 0 Å². The van der Waals surface area contributed by atoms with E-state index in [9.17, 15) is 4.79 Å². The summed E-state index contributed by atoms with van der Waals surface area (Å²) >= 11 is 1.65. The number of carbonyl (C=O) groups is 1. The minimum Gasteiger partial charge on any atom is -0.497 e. The number of fused-ring (bicyclic) bond motifs is 1. The van der Waals surface area contributed by atoms with E-state index in [2.05, 4.69) is 11.0 Å². The van der Waals surface area contributed by atoms with Gasteiger partial charge in [0.2, 0.25) is 0 Å². The van der Waals surface area contributed by atoms with Gasteiger partial charge in [-0.2, -0.15) is 0 Å². The van der Waals surface area contributed by atoms with Crippen molar-refractivity contribution in [1.82, 2.24) is 4.90 Å². The van der Waals surface area contributed by atoms with Crippen molar-refractivity contribution >= 4 is 27.2 Å². The fourth-order valence-corrected chi connectivity index (χ4v) is 5.57. The standard InChI is InChI=1S/C28H27NO3S/c1-31-22-12-10-21(11-13-22)28-26(24-6-2-3-7-25(24)33-28)27(30)20-8-14-23(15-9-20)32-19-18-29-16-4-5-17-29/h2-3,6-15H,4-5,16-19H2,1H3. The molecule has 4 aromatic rings. The molecule has 0 aliphatic carbocycles. The molecular weight excluding hydrogens is 430 g/mol. The second-order valence-electron chi connectivity index (χ2n) is 8.28. The molecule has 1 aliphatic heterocycles. The fourth-order valence-electron chi connectivity index (χ4n) is 4.36. The first kappa shape index (κ1) is 21.7. The largest absolute Gasteiger partial charge is 0.497 e. The van der Waals surface area contributed by atoms with E-state index in [0.717, 1.165) is 44.1 Å². The van der Waals surface area contributed by atoms with Crippen LogP contribution in [0.4, 0.5) is 0 Å². The maximum absolute atomic E-state index is 13.7. The van der Waals surface area contributed by atoms with Crippen molar-refractivity contribution in [3.8, 4) is 21.9 Å². The van der Waals surface area contributed by atoms with Crippen LogP contribution in [0.1, 0.15) is 28.8 Å². The zero-order chi connectivity index (χ0) is 22.6. The number of rotatable bonds is 8. The van der Waals surface area contributed by atoms with Crippen molar-refractivity contribution in [3.05, 3.63) is 83.9 Å². The Kier molecular flexibility index (Phi) is 6.42. The summed E-state index contributed by atoms with van der Waals surface area (Å²) in [5, 5.41) is 0.990. The first-order chi connectivity index (χ1) is 16.2. The Morgan fingerprint density at radius 1 is 0.909 bits per heavy atom. The molecule has 4 nitrogen and oxygen atoms in total. The third-order valence-electron chi connectivity index (χ3n) is 6.17. The molecule has 5 heteroatoms. The Morgan fingerprint density at radius 2 is 1.61 bits per heavy atom. The molecule has 3 aromatic carbocycles. The molecule has 0 atom stereocenters. The lowest BCUT2D eigenvalue weighted by atomic mass is 9.97. The average molecular weight is 458 g/mol. The first-order valence-electron chi connectivity index (χ1n) is 11.4. The number of hydrogen-bond donors (Lipinski definition) is 0. The number of ether oxygens (including phenoxy) is 2. The lowest BCUT2D eigenvalue weighted by molar-refractivity contribution is 0.104. The number of carbonyl (C=O) groups excluding carboxylic acids is 1.